The molecule has 3 unspecified atom stereocenters. The minimum Gasteiger partial charge on any atom is -0.496 e. The molecule has 2 fully saturated rings. The summed E-state index contributed by atoms with van der Waals surface area (Å²) in [6, 6.07) is 9.57. The molecule has 16 heteroatoms. The smallest absolute Gasteiger partial charge is 0.264 e. The number of aromatic nitrogens is 2. The lowest BCUT2D eigenvalue weighted by Crippen LogP contribution is -2.57. The molecule has 5 amide bonds. The van der Waals surface area contributed by atoms with E-state index in [4.69, 9.17) is 20.9 Å². The van der Waals surface area contributed by atoms with E-state index in [1.54, 1.807) is 62.6 Å². The molecule has 3 aliphatic rings. The van der Waals surface area contributed by atoms with Crippen LogP contribution in [0.2, 0.25) is 0 Å². The number of methoxy groups -OCH3 is 2. The normalized spacial score (nSPS) is 18.0. The van der Waals surface area contributed by atoms with Gasteiger partial charge >= 0.3 is 0 Å². The first-order valence-corrected chi connectivity index (χ1v) is 20.0. The van der Waals surface area contributed by atoms with Gasteiger partial charge in [-0.3, -0.25) is 48.9 Å². The zero-order valence-electron chi connectivity index (χ0n) is 33.5. The highest BCUT2D eigenvalue weighted by Crippen LogP contribution is 2.39. The Morgan fingerprint density at radius 3 is 2.42 bits per heavy atom. The number of imide groups is 2. The van der Waals surface area contributed by atoms with E-state index in [0.29, 0.717) is 55.0 Å². The molecule has 4 aromatic rings. The highest BCUT2D eigenvalue weighted by Gasteiger charge is 2.45. The number of fused-ring (bicyclic) bond motifs is 2. The van der Waals surface area contributed by atoms with Gasteiger partial charge < -0.3 is 30.8 Å². The largest absolute Gasteiger partial charge is 0.496 e. The van der Waals surface area contributed by atoms with Crippen molar-refractivity contribution in [2.24, 2.45) is 24.4 Å². The van der Waals surface area contributed by atoms with Crippen LogP contribution in [0.25, 0.3) is 21.9 Å². The van der Waals surface area contributed by atoms with Crippen molar-refractivity contribution in [3.8, 4) is 22.6 Å². The summed E-state index contributed by atoms with van der Waals surface area (Å²) in [5, 5.41) is 6.81. The number of primary amides is 1. The zero-order chi connectivity index (χ0) is 42.0. The molecule has 59 heavy (non-hydrogen) atoms. The molecule has 3 atom stereocenters. The molecule has 0 bridgehead atoms. The highest BCUT2D eigenvalue weighted by atomic mass is 16.5. The van der Waals surface area contributed by atoms with Crippen LogP contribution in [0, 0.1) is 5.92 Å². The number of likely N-dealkylation sites (tertiary alicyclic amines) is 1. The topological polar surface area (TPSA) is 221 Å². The molecule has 2 aromatic carbocycles. The molecule has 310 valence electrons. The van der Waals surface area contributed by atoms with E-state index < -0.39 is 29.7 Å². The summed E-state index contributed by atoms with van der Waals surface area (Å²) < 4.78 is 13.5. The number of carbonyl (C=O) groups is 5. The molecule has 2 saturated heterocycles. The molecule has 0 aliphatic carbocycles. The van der Waals surface area contributed by atoms with E-state index in [-0.39, 0.29) is 53.4 Å². The molecule has 0 spiro atoms. The summed E-state index contributed by atoms with van der Waals surface area (Å²) in [6.07, 6.45) is 9.67. The van der Waals surface area contributed by atoms with Gasteiger partial charge in [0.05, 0.1) is 36.7 Å². The average Bonchev–Trinajstić information content (AvgIpc) is 3.45. The van der Waals surface area contributed by atoms with Crippen LogP contribution in [-0.4, -0.2) is 101 Å². The van der Waals surface area contributed by atoms with Gasteiger partial charge in [-0.05, 0) is 73.4 Å². The number of nitrogens with two attached hydrogens (primary N) is 2. The van der Waals surface area contributed by atoms with Crippen molar-refractivity contribution in [1.82, 2.24) is 24.7 Å². The van der Waals surface area contributed by atoms with Gasteiger partial charge in [0, 0.05) is 80.6 Å². The van der Waals surface area contributed by atoms with Crippen molar-refractivity contribution >= 4 is 46.0 Å². The van der Waals surface area contributed by atoms with E-state index in [9.17, 15) is 28.8 Å². The number of ether oxygens (including phenoxy) is 2. The van der Waals surface area contributed by atoms with Gasteiger partial charge in [0.25, 0.3) is 17.4 Å². The Hall–Kier alpha value is -6.13. The lowest BCUT2D eigenvalue weighted by Gasteiger charge is -2.44. The van der Waals surface area contributed by atoms with Gasteiger partial charge in [0.2, 0.25) is 17.7 Å². The van der Waals surface area contributed by atoms with Gasteiger partial charge in [-0.2, -0.15) is 0 Å². The van der Waals surface area contributed by atoms with Gasteiger partial charge in [-0.15, -0.1) is 0 Å². The summed E-state index contributed by atoms with van der Waals surface area (Å²) in [6.45, 7) is 1.64. The lowest BCUT2D eigenvalue weighted by molar-refractivity contribution is -0.136. The number of hydrogen-bond donors (Lipinski definition) is 4. The summed E-state index contributed by atoms with van der Waals surface area (Å²) in [7, 11) is 4.94. The van der Waals surface area contributed by atoms with Crippen molar-refractivity contribution in [3.05, 3.63) is 82.0 Å². The molecule has 2 aromatic heterocycles. The Balaban J connectivity index is 0.982. The first-order valence-electron chi connectivity index (χ1n) is 20.0. The summed E-state index contributed by atoms with van der Waals surface area (Å²) >= 11 is 0. The minimum atomic E-state index is -1.02. The van der Waals surface area contributed by atoms with E-state index in [2.05, 4.69) is 20.5 Å². The van der Waals surface area contributed by atoms with Crippen molar-refractivity contribution in [2.45, 2.75) is 69.5 Å². The van der Waals surface area contributed by atoms with Crippen LogP contribution < -0.4 is 37.1 Å². The third-order valence-electron chi connectivity index (χ3n) is 11.8. The number of carbonyl (C=O) groups excluding carboxylic acids is 5. The number of anilines is 1. The van der Waals surface area contributed by atoms with Crippen LogP contribution in [0.15, 0.2) is 59.8 Å². The molecular weight excluding hydrogens is 757 g/mol. The molecule has 6 N–H and O–H groups in total. The number of piperidine rings is 1. The fraction of sp³-hybridized carbons (Fsp3) is 0.419. The minimum absolute atomic E-state index is 0.0273. The number of nitrogens with zero attached hydrogens (tertiary/aromatic N) is 4. The molecule has 7 rings (SSSR count). The Bertz CT molecular complexity index is 2350. The van der Waals surface area contributed by atoms with Crippen molar-refractivity contribution in [2.75, 3.05) is 39.2 Å². The molecule has 5 heterocycles. The molecule has 0 saturated carbocycles. The van der Waals surface area contributed by atoms with Crippen LogP contribution in [0.1, 0.15) is 71.2 Å². The standard InChI is InChI=1S/C43H50N8O8/c1-49-23-32(28-13-15-46-20-31(28)41(49)55)24-16-35(58-2)30(36(17-24)59-3)19-27(50-21-25(22-50)39(45)53)18-26(44)8-5-4-6-14-47-33-10-7-9-29-38(33)43(57)51(42(29)56)34-11-12-37(52)48-40(34)54/h7,9-10,13,15-17,20,23,25-27,34,47H,4-6,8,11-12,14,18-19,21-22,44H2,1-3H3,(H2,45,53)(H,48,52,54). The lowest BCUT2D eigenvalue weighted by atomic mass is 9.88. The number of rotatable bonds is 17. The number of pyridine rings is 2. The first-order chi connectivity index (χ1) is 28.4. The Labute approximate surface area is 341 Å². The van der Waals surface area contributed by atoms with Gasteiger partial charge in [-0.1, -0.05) is 18.9 Å². The fourth-order valence-electron chi connectivity index (χ4n) is 8.53. The molecular formula is C43H50N8O8. The zero-order valence-corrected chi connectivity index (χ0v) is 33.5. The molecule has 3 aliphatic heterocycles. The van der Waals surface area contributed by atoms with Crippen molar-refractivity contribution < 1.29 is 33.4 Å². The Morgan fingerprint density at radius 2 is 1.73 bits per heavy atom. The number of benzene rings is 2. The molecule has 0 radical (unpaired) electrons. The Morgan fingerprint density at radius 1 is 0.983 bits per heavy atom. The maximum Gasteiger partial charge on any atom is 0.264 e. The average molecular weight is 807 g/mol. The second-order valence-electron chi connectivity index (χ2n) is 15.6. The number of hydrogen-bond acceptors (Lipinski definition) is 12. The van der Waals surface area contributed by atoms with Gasteiger partial charge in [0.15, 0.2) is 0 Å². The maximum absolute atomic E-state index is 13.4. The second-order valence-corrected chi connectivity index (χ2v) is 15.6. The van der Waals surface area contributed by atoms with E-state index in [0.717, 1.165) is 52.7 Å². The SMILES string of the molecule is COc1cc(-c2cn(C)c(=O)c3cnccc23)cc(OC)c1CC(CC(N)CCCCCNc1cccc2c1C(=O)N(C1CCC(=O)NC1=O)C2=O)N1CC(C(N)=O)C1. The number of unbranched alkanes of at least 4 members (excludes halogenated alkanes) is 2. The van der Waals surface area contributed by atoms with Gasteiger partial charge in [-0.25, -0.2) is 0 Å². The van der Waals surface area contributed by atoms with Crippen LogP contribution in [0.5, 0.6) is 11.5 Å². The van der Waals surface area contributed by atoms with Crippen LogP contribution >= 0.6 is 0 Å². The second kappa shape index (κ2) is 17.4. The van der Waals surface area contributed by atoms with E-state index in [1.165, 1.54) is 0 Å². The van der Waals surface area contributed by atoms with E-state index >= 15 is 0 Å². The summed E-state index contributed by atoms with van der Waals surface area (Å²) in [4.78, 5) is 83.0. The molecule has 16 nitrogen and oxygen atoms in total. The summed E-state index contributed by atoms with van der Waals surface area (Å²) in [5.41, 5.74) is 15.8. The van der Waals surface area contributed by atoms with Crippen LogP contribution in [0.3, 0.4) is 0 Å². The number of nitrogens with one attached hydrogen (secondary N) is 2. The van der Waals surface area contributed by atoms with Crippen LogP contribution in [0.4, 0.5) is 5.69 Å². The summed E-state index contributed by atoms with van der Waals surface area (Å²) in [5.74, 6) is -1.43. The predicted molar refractivity (Wildman–Crippen MR) is 220 cm³/mol. The monoisotopic (exact) mass is 806 g/mol. The van der Waals surface area contributed by atoms with Crippen molar-refractivity contribution in [3.63, 3.8) is 0 Å². The Kier molecular flexibility index (Phi) is 12.1. The number of amides is 5. The third-order valence-corrected chi connectivity index (χ3v) is 11.8. The third kappa shape index (κ3) is 8.27. The van der Waals surface area contributed by atoms with Gasteiger partial charge in [0.1, 0.15) is 17.5 Å². The van der Waals surface area contributed by atoms with Crippen molar-refractivity contribution in [1.29, 1.82) is 0 Å². The quantitative estimate of drug-likeness (QED) is 0.0894. The first kappa shape index (κ1) is 41.0. The van der Waals surface area contributed by atoms with E-state index in [1.807, 2.05) is 18.2 Å². The highest BCUT2D eigenvalue weighted by molar-refractivity contribution is 6.25. The van der Waals surface area contributed by atoms with Crippen LogP contribution in [-0.2, 0) is 27.9 Å². The number of aryl methyl sites for hydroxylation is 1. The predicted octanol–water partition coefficient (Wildman–Crippen LogP) is 2.74. The fourth-order valence-corrected chi connectivity index (χ4v) is 8.53. The maximum atomic E-state index is 13.4.